The molecule has 0 aromatic heterocycles. The van der Waals surface area contributed by atoms with Crippen molar-refractivity contribution in [3.63, 3.8) is 0 Å². The first-order chi connectivity index (χ1) is 16.2. The maximum absolute atomic E-state index is 11.3. The molecule has 0 aliphatic carbocycles. The standard InChI is InChI=1S/C28H43NO2S2/c1-2-3-4-5-6-7-8-9-10-11-12-13-14-15-16-17-22-31-25-20-18-24(19-21-25)23-26-27(32)29-28(30)33-26/h18-21,23H,2-17,22H2,1H3,(H,29,30,32)/b26-23+. The first kappa shape index (κ1) is 27.9. The number of carbonyl (C=O) groups is 1. The van der Waals surface area contributed by atoms with Gasteiger partial charge >= 0.3 is 0 Å². The van der Waals surface area contributed by atoms with Crippen LogP contribution in [-0.4, -0.2) is 16.8 Å². The molecule has 1 amide bonds. The van der Waals surface area contributed by atoms with E-state index in [9.17, 15) is 4.79 Å². The smallest absolute Gasteiger partial charge is 0.289 e. The Balaban J connectivity index is 1.38. The monoisotopic (exact) mass is 489 g/mol. The lowest BCUT2D eigenvalue weighted by molar-refractivity contribution is 0.265. The van der Waals surface area contributed by atoms with Gasteiger partial charge in [0.25, 0.3) is 5.24 Å². The molecule has 2 rings (SSSR count). The van der Waals surface area contributed by atoms with E-state index in [2.05, 4.69) is 12.2 Å². The molecule has 0 unspecified atom stereocenters. The van der Waals surface area contributed by atoms with Crippen LogP contribution in [0.15, 0.2) is 29.2 Å². The molecule has 0 bridgehead atoms. The lowest BCUT2D eigenvalue weighted by Gasteiger charge is -2.07. The molecular formula is C28H43NO2S2. The third-order valence-electron chi connectivity index (χ3n) is 6.09. The maximum Gasteiger partial charge on any atom is 0.289 e. The van der Waals surface area contributed by atoms with E-state index in [4.69, 9.17) is 17.0 Å². The van der Waals surface area contributed by atoms with E-state index in [1.54, 1.807) is 0 Å². The molecule has 1 aromatic carbocycles. The number of rotatable bonds is 19. The second-order valence-corrected chi connectivity index (χ2v) is 10.5. The van der Waals surface area contributed by atoms with E-state index in [-0.39, 0.29) is 5.24 Å². The summed E-state index contributed by atoms with van der Waals surface area (Å²) in [4.78, 5) is 12.7. The number of hydrogen-bond acceptors (Lipinski definition) is 4. The molecule has 1 aliphatic heterocycles. The minimum absolute atomic E-state index is 0.106. The van der Waals surface area contributed by atoms with E-state index in [0.29, 0.717) is 4.99 Å². The highest BCUT2D eigenvalue weighted by molar-refractivity contribution is 8.19. The molecule has 3 nitrogen and oxygen atoms in total. The van der Waals surface area contributed by atoms with Crippen LogP contribution in [-0.2, 0) is 0 Å². The maximum atomic E-state index is 11.3. The number of carbonyl (C=O) groups excluding carboxylic acids is 1. The molecule has 1 heterocycles. The zero-order valence-electron chi connectivity index (χ0n) is 20.5. The molecule has 0 radical (unpaired) electrons. The Labute approximate surface area is 211 Å². The largest absolute Gasteiger partial charge is 0.494 e. The van der Waals surface area contributed by atoms with Gasteiger partial charge in [0, 0.05) is 0 Å². The summed E-state index contributed by atoms with van der Waals surface area (Å²) in [6.45, 7) is 3.06. The highest BCUT2D eigenvalue weighted by Crippen LogP contribution is 2.27. The number of nitrogens with one attached hydrogen (secondary N) is 1. The summed E-state index contributed by atoms with van der Waals surface area (Å²) in [7, 11) is 0. The Hall–Kier alpha value is -1.33. The van der Waals surface area contributed by atoms with Gasteiger partial charge in [-0.25, -0.2) is 0 Å². The van der Waals surface area contributed by atoms with Gasteiger partial charge in [-0.05, 0) is 42.0 Å². The summed E-state index contributed by atoms with van der Waals surface area (Å²) < 4.78 is 5.87. The number of hydrogen-bond donors (Lipinski definition) is 1. The van der Waals surface area contributed by atoms with Crippen molar-refractivity contribution in [3.05, 3.63) is 34.7 Å². The minimum atomic E-state index is -0.106. The van der Waals surface area contributed by atoms with Crippen molar-refractivity contribution in [3.8, 4) is 5.75 Å². The summed E-state index contributed by atoms with van der Waals surface area (Å²) in [6, 6.07) is 7.97. The Morgan fingerprint density at radius 3 is 1.73 bits per heavy atom. The lowest BCUT2D eigenvalue weighted by atomic mass is 10.0. The van der Waals surface area contributed by atoms with Crippen molar-refractivity contribution in [2.75, 3.05) is 6.61 Å². The molecule has 0 saturated carbocycles. The van der Waals surface area contributed by atoms with E-state index >= 15 is 0 Å². The normalized spacial score (nSPS) is 14.8. The van der Waals surface area contributed by atoms with Gasteiger partial charge in [0.05, 0.1) is 11.5 Å². The number of thiocarbonyl (C=S) groups is 1. The molecule has 1 aromatic rings. The van der Waals surface area contributed by atoms with Crippen LogP contribution < -0.4 is 10.1 Å². The highest BCUT2D eigenvalue weighted by atomic mass is 32.2. The van der Waals surface area contributed by atoms with E-state index in [1.165, 1.54) is 96.3 Å². The number of unbranched alkanes of at least 4 members (excludes halogenated alkanes) is 15. The predicted molar refractivity (Wildman–Crippen MR) is 148 cm³/mol. The average molecular weight is 490 g/mol. The molecule has 1 saturated heterocycles. The van der Waals surface area contributed by atoms with Crippen molar-refractivity contribution in [1.82, 2.24) is 5.32 Å². The molecule has 0 spiro atoms. The second-order valence-electron chi connectivity index (χ2n) is 9.07. The Bertz CT molecular complexity index is 715. The minimum Gasteiger partial charge on any atom is -0.494 e. The van der Waals surface area contributed by atoms with Crippen LogP contribution in [0.25, 0.3) is 6.08 Å². The topological polar surface area (TPSA) is 38.3 Å². The van der Waals surface area contributed by atoms with Gasteiger partial charge in [0.15, 0.2) is 0 Å². The Kier molecular flexibility index (Phi) is 15.3. The quantitative estimate of drug-likeness (QED) is 0.119. The van der Waals surface area contributed by atoms with E-state index < -0.39 is 0 Å². The molecule has 1 fully saturated rings. The molecule has 0 atom stereocenters. The van der Waals surface area contributed by atoms with Gasteiger partial charge in [-0.3, -0.25) is 4.79 Å². The SMILES string of the molecule is CCCCCCCCCCCCCCCCCCOc1ccc(/C=C2/SC(=O)NC2=S)cc1. The first-order valence-corrected chi connectivity index (χ1v) is 14.4. The Morgan fingerprint density at radius 2 is 1.27 bits per heavy atom. The molecule has 1 N–H and O–H groups in total. The van der Waals surface area contributed by atoms with Crippen LogP contribution in [0, 0.1) is 0 Å². The lowest BCUT2D eigenvalue weighted by Crippen LogP contribution is -2.15. The fraction of sp³-hybridized carbons (Fsp3) is 0.643. The van der Waals surface area contributed by atoms with Crippen LogP contribution in [0.3, 0.4) is 0 Å². The van der Waals surface area contributed by atoms with Crippen molar-refractivity contribution in [2.24, 2.45) is 0 Å². The molecule has 1 aliphatic rings. The van der Waals surface area contributed by atoms with Crippen LogP contribution in [0.5, 0.6) is 5.75 Å². The summed E-state index contributed by atoms with van der Waals surface area (Å²) in [5, 5.41) is 2.53. The molecule has 184 valence electrons. The van der Waals surface area contributed by atoms with E-state index in [0.717, 1.165) is 41.0 Å². The summed E-state index contributed by atoms with van der Waals surface area (Å²) in [6.07, 6.45) is 24.0. The highest BCUT2D eigenvalue weighted by Gasteiger charge is 2.21. The zero-order valence-corrected chi connectivity index (χ0v) is 22.2. The van der Waals surface area contributed by atoms with Gasteiger partial charge < -0.3 is 10.1 Å². The van der Waals surface area contributed by atoms with Crippen molar-refractivity contribution in [2.45, 2.75) is 110 Å². The second kappa shape index (κ2) is 18.1. The predicted octanol–water partition coefficient (Wildman–Crippen LogP) is 9.45. The van der Waals surface area contributed by atoms with Crippen LogP contribution in [0.2, 0.25) is 0 Å². The fourth-order valence-electron chi connectivity index (χ4n) is 4.07. The Morgan fingerprint density at radius 1 is 0.788 bits per heavy atom. The number of amides is 1. The summed E-state index contributed by atoms with van der Waals surface area (Å²) >= 11 is 6.30. The third kappa shape index (κ3) is 13.2. The first-order valence-electron chi connectivity index (χ1n) is 13.2. The third-order valence-corrected chi connectivity index (χ3v) is 7.37. The van der Waals surface area contributed by atoms with Crippen LogP contribution in [0.4, 0.5) is 4.79 Å². The van der Waals surface area contributed by atoms with Gasteiger partial charge in [0.2, 0.25) is 0 Å². The molecular weight excluding hydrogens is 446 g/mol. The van der Waals surface area contributed by atoms with Gasteiger partial charge in [-0.15, -0.1) is 0 Å². The van der Waals surface area contributed by atoms with Crippen LogP contribution >= 0.6 is 24.0 Å². The number of thioether (sulfide) groups is 1. The van der Waals surface area contributed by atoms with Gasteiger partial charge in [0.1, 0.15) is 10.7 Å². The summed E-state index contributed by atoms with van der Waals surface area (Å²) in [5.74, 6) is 0.897. The van der Waals surface area contributed by atoms with Gasteiger partial charge in [-0.1, -0.05) is 128 Å². The van der Waals surface area contributed by atoms with E-state index in [1.807, 2.05) is 30.3 Å². The van der Waals surface area contributed by atoms with Gasteiger partial charge in [-0.2, -0.15) is 0 Å². The number of benzene rings is 1. The van der Waals surface area contributed by atoms with Crippen molar-refractivity contribution >= 4 is 40.3 Å². The molecule has 5 heteroatoms. The summed E-state index contributed by atoms with van der Waals surface area (Å²) in [5.41, 5.74) is 1.02. The number of ether oxygens (including phenoxy) is 1. The fourth-order valence-corrected chi connectivity index (χ4v) is 5.11. The average Bonchev–Trinajstić information content (AvgIpc) is 3.13. The molecule has 33 heavy (non-hydrogen) atoms. The van der Waals surface area contributed by atoms with Crippen molar-refractivity contribution in [1.29, 1.82) is 0 Å². The zero-order chi connectivity index (χ0) is 23.6. The van der Waals surface area contributed by atoms with Crippen molar-refractivity contribution < 1.29 is 9.53 Å². The van der Waals surface area contributed by atoms with Crippen LogP contribution in [0.1, 0.15) is 115 Å².